The zero-order valence-corrected chi connectivity index (χ0v) is 15.6. The molecule has 1 amide bonds. The maximum atomic E-state index is 13.4. The molecule has 1 N–H and O–H groups in total. The van der Waals surface area contributed by atoms with Crippen LogP contribution in [0.2, 0.25) is 0 Å². The molecule has 3 rings (SSSR count). The van der Waals surface area contributed by atoms with Crippen LogP contribution in [0.3, 0.4) is 0 Å². The molecule has 2 fully saturated rings. The number of carbonyl (C=O) groups excluding carboxylic acids is 1. The number of fused-ring (bicyclic) bond motifs is 2. The Kier molecular flexibility index (Phi) is 4.90. The smallest absolute Gasteiger partial charge is 0.229 e. The molecule has 5 nitrogen and oxygen atoms in total. The molecule has 7 heteroatoms. The lowest BCUT2D eigenvalue weighted by atomic mass is 9.88. The van der Waals surface area contributed by atoms with Crippen molar-refractivity contribution in [3.63, 3.8) is 0 Å². The Balaban J connectivity index is 1.74. The van der Waals surface area contributed by atoms with Gasteiger partial charge < -0.3 is 5.32 Å². The van der Waals surface area contributed by atoms with Gasteiger partial charge in [-0.1, -0.05) is 13.8 Å². The Bertz CT molecular complexity index is 779. The largest absolute Gasteiger partial charge is 0.326 e. The second kappa shape index (κ2) is 6.68. The summed E-state index contributed by atoms with van der Waals surface area (Å²) in [5.74, 6) is -0.664. The molecular weight excluding hydrogens is 343 g/mol. The van der Waals surface area contributed by atoms with E-state index in [2.05, 4.69) is 5.32 Å². The van der Waals surface area contributed by atoms with Crippen LogP contribution >= 0.6 is 0 Å². The lowest BCUT2D eigenvalue weighted by Crippen LogP contribution is -2.41. The van der Waals surface area contributed by atoms with E-state index in [1.165, 1.54) is 12.1 Å². The highest BCUT2D eigenvalue weighted by Crippen LogP contribution is 2.44. The second-order valence-corrected chi connectivity index (χ2v) is 9.52. The number of nitrogens with zero attached hydrogens (tertiary/aromatic N) is 1. The number of amides is 1. The molecule has 138 valence electrons. The summed E-state index contributed by atoms with van der Waals surface area (Å²) in [6, 6.07) is 4.12. The van der Waals surface area contributed by atoms with Gasteiger partial charge in [0.25, 0.3) is 0 Å². The third kappa shape index (κ3) is 3.58. The third-order valence-electron chi connectivity index (χ3n) is 5.10. The summed E-state index contributed by atoms with van der Waals surface area (Å²) in [7, 11) is -3.34. The maximum Gasteiger partial charge on any atom is 0.229 e. The Morgan fingerprint density at radius 3 is 2.72 bits per heavy atom. The van der Waals surface area contributed by atoms with Crippen molar-refractivity contribution < 1.29 is 17.6 Å². The fourth-order valence-corrected chi connectivity index (χ4v) is 6.44. The van der Waals surface area contributed by atoms with Gasteiger partial charge in [0.2, 0.25) is 15.9 Å². The summed E-state index contributed by atoms with van der Waals surface area (Å²) in [4.78, 5) is 12.7. The Hall–Kier alpha value is -1.47. The van der Waals surface area contributed by atoms with Gasteiger partial charge in [0, 0.05) is 17.8 Å². The molecule has 2 saturated heterocycles. The van der Waals surface area contributed by atoms with Gasteiger partial charge in [0.15, 0.2) is 0 Å². The van der Waals surface area contributed by atoms with Crippen LogP contribution in [0, 0.1) is 24.6 Å². The summed E-state index contributed by atoms with van der Waals surface area (Å²) in [6.45, 7) is 5.41. The number of hydrogen-bond donors (Lipinski definition) is 1. The molecule has 0 radical (unpaired) electrons. The van der Waals surface area contributed by atoms with Crippen molar-refractivity contribution in [2.75, 3.05) is 11.1 Å². The molecule has 1 aromatic carbocycles. The number of hydrogen-bond acceptors (Lipinski definition) is 3. The predicted molar refractivity (Wildman–Crippen MR) is 95.1 cm³/mol. The first-order valence-corrected chi connectivity index (χ1v) is 10.4. The van der Waals surface area contributed by atoms with E-state index in [0.717, 1.165) is 12.8 Å². The van der Waals surface area contributed by atoms with Gasteiger partial charge in [-0.3, -0.25) is 4.79 Å². The van der Waals surface area contributed by atoms with Crippen LogP contribution in [0.1, 0.15) is 38.7 Å². The standard InChI is InChI=1S/C18H25FN2O3S/c1-11(2)10-25(23,24)21-14-5-7-17(21)15(9-14)18(22)20-13-4-6-16(19)12(3)8-13/h4,6,8,11,14-15,17H,5,7,9-10H2,1-3H3,(H,20,22). The average Bonchev–Trinajstić information content (AvgIpc) is 3.08. The summed E-state index contributed by atoms with van der Waals surface area (Å²) in [6.07, 6.45) is 2.11. The van der Waals surface area contributed by atoms with Crippen molar-refractivity contribution in [2.45, 2.75) is 52.1 Å². The molecule has 2 heterocycles. The molecule has 3 atom stereocenters. The zero-order valence-electron chi connectivity index (χ0n) is 14.8. The van der Waals surface area contributed by atoms with E-state index < -0.39 is 10.0 Å². The zero-order chi connectivity index (χ0) is 18.4. The monoisotopic (exact) mass is 368 g/mol. The molecule has 2 bridgehead atoms. The van der Waals surface area contributed by atoms with E-state index in [-0.39, 0.29) is 41.4 Å². The Labute approximate surface area is 148 Å². The van der Waals surface area contributed by atoms with E-state index in [1.807, 2.05) is 13.8 Å². The lowest BCUT2D eigenvalue weighted by Gasteiger charge is -2.24. The summed E-state index contributed by atoms with van der Waals surface area (Å²) in [5, 5.41) is 2.82. The van der Waals surface area contributed by atoms with E-state index >= 15 is 0 Å². The van der Waals surface area contributed by atoms with Crippen molar-refractivity contribution in [1.82, 2.24) is 4.31 Å². The first-order chi connectivity index (χ1) is 11.7. The summed E-state index contributed by atoms with van der Waals surface area (Å²) in [5.41, 5.74) is 1.01. The molecule has 2 aliphatic rings. The normalized spacial score (nSPS) is 26.4. The molecule has 2 aliphatic heterocycles. The fraction of sp³-hybridized carbons (Fsp3) is 0.611. The predicted octanol–water partition coefficient (Wildman–Crippen LogP) is 2.91. The number of nitrogens with one attached hydrogen (secondary N) is 1. The van der Waals surface area contributed by atoms with Gasteiger partial charge in [0.05, 0.1) is 11.7 Å². The number of anilines is 1. The van der Waals surface area contributed by atoms with Gasteiger partial charge in [-0.05, 0) is 55.9 Å². The average molecular weight is 368 g/mol. The minimum Gasteiger partial charge on any atom is -0.326 e. The first-order valence-electron chi connectivity index (χ1n) is 8.77. The van der Waals surface area contributed by atoms with Crippen molar-refractivity contribution >= 4 is 21.6 Å². The van der Waals surface area contributed by atoms with Gasteiger partial charge in [-0.2, -0.15) is 4.31 Å². The molecule has 3 unspecified atom stereocenters. The summed E-state index contributed by atoms with van der Waals surface area (Å²) < 4.78 is 40.3. The quantitative estimate of drug-likeness (QED) is 0.869. The highest BCUT2D eigenvalue weighted by atomic mass is 32.2. The van der Waals surface area contributed by atoms with Crippen LogP contribution in [-0.4, -0.2) is 36.5 Å². The SMILES string of the molecule is Cc1cc(NC(=O)C2CC3CCC2N3S(=O)(=O)CC(C)C)ccc1F. The molecule has 25 heavy (non-hydrogen) atoms. The summed E-state index contributed by atoms with van der Waals surface area (Å²) >= 11 is 0. The van der Waals surface area contributed by atoms with Crippen molar-refractivity contribution in [2.24, 2.45) is 11.8 Å². The molecule has 0 aromatic heterocycles. The first kappa shape index (κ1) is 18.3. The Morgan fingerprint density at radius 1 is 1.36 bits per heavy atom. The van der Waals surface area contributed by atoms with Crippen LogP contribution in [0.5, 0.6) is 0 Å². The van der Waals surface area contributed by atoms with Crippen molar-refractivity contribution in [3.8, 4) is 0 Å². The molecule has 0 spiro atoms. The highest BCUT2D eigenvalue weighted by Gasteiger charge is 2.53. The van der Waals surface area contributed by atoms with Crippen LogP contribution < -0.4 is 5.32 Å². The van der Waals surface area contributed by atoms with Crippen LogP contribution in [-0.2, 0) is 14.8 Å². The van der Waals surface area contributed by atoms with E-state index in [9.17, 15) is 17.6 Å². The third-order valence-corrected chi connectivity index (χ3v) is 7.40. The van der Waals surface area contributed by atoms with Crippen molar-refractivity contribution in [1.29, 1.82) is 0 Å². The van der Waals surface area contributed by atoms with Gasteiger partial charge in [-0.15, -0.1) is 0 Å². The van der Waals surface area contributed by atoms with E-state index in [4.69, 9.17) is 0 Å². The van der Waals surface area contributed by atoms with Gasteiger partial charge >= 0.3 is 0 Å². The number of aryl methyl sites for hydroxylation is 1. The molecule has 1 aromatic rings. The molecule has 0 aliphatic carbocycles. The Morgan fingerprint density at radius 2 is 2.08 bits per heavy atom. The van der Waals surface area contributed by atoms with Crippen molar-refractivity contribution in [3.05, 3.63) is 29.6 Å². The minimum absolute atomic E-state index is 0.0551. The van der Waals surface area contributed by atoms with Gasteiger partial charge in [-0.25, -0.2) is 12.8 Å². The number of rotatable bonds is 5. The number of sulfonamides is 1. The number of halogens is 1. The van der Waals surface area contributed by atoms with Crippen LogP contribution in [0.25, 0.3) is 0 Å². The van der Waals surface area contributed by atoms with Crippen LogP contribution in [0.15, 0.2) is 18.2 Å². The fourth-order valence-electron chi connectivity index (χ4n) is 4.12. The lowest BCUT2D eigenvalue weighted by molar-refractivity contribution is -0.120. The topological polar surface area (TPSA) is 66.5 Å². The second-order valence-electron chi connectivity index (χ2n) is 7.60. The number of benzene rings is 1. The van der Waals surface area contributed by atoms with E-state index in [1.54, 1.807) is 17.3 Å². The molecule has 0 saturated carbocycles. The van der Waals surface area contributed by atoms with Crippen LogP contribution in [0.4, 0.5) is 10.1 Å². The number of carbonyl (C=O) groups is 1. The minimum atomic E-state index is -3.34. The van der Waals surface area contributed by atoms with E-state index in [0.29, 0.717) is 17.7 Å². The van der Waals surface area contributed by atoms with Gasteiger partial charge in [0.1, 0.15) is 5.82 Å². The molecular formula is C18H25FN2O3S. The maximum absolute atomic E-state index is 13.4. The highest BCUT2D eigenvalue weighted by molar-refractivity contribution is 7.89.